The summed E-state index contributed by atoms with van der Waals surface area (Å²) in [6.07, 6.45) is -3.31. The van der Waals surface area contributed by atoms with Crippen molar-refractivity contribution in [2.75, 3.05) is 25.0 Å². The summed E-state index contributed by atoms with van der Waals surface area (Å²) in [5.74, 6) is 0.400. The third kappa shape index (κ3) is 4.36. The van der Waals surface area contributed by atoms with E-state index < -0.39 is 11.7 Å². The maximum atomic E-state index is 13.0. The zero-order valence-electron chi connectivity index (χ0n) is 12.2. The van der Waals surface area contributed by atoms with Gasteiger partial charge in [-0.3, -0.25) is 0 Å². The number of benzene rings is 1. The van der Waals surface area contributed by atoms with Crippen LogP contribution in [0.15, 0.2) is 22.7 Å². The van der Waals surface area contributed by atoms with Gasteiger partial charge in [-0.25, -0.2) is 0 Å². The molecule has 0 radical (unpaired) electrons. The molecule has 1 aromatic carbocycles. The summed E-state index contributed by atoms with van der Waals surface area (Å²) in [6.45, 7) is 6.84. The molecule has 0 aliphatic carbocycles. The Kier molecular flexibility index (Phi) is 5.20. The largest absolute Gasteiger partial charge is 0.418 e. The molecular formula is C15H20BrF3N2. The molecule has 21 heavy (non-hydrogen) atoms. The van der Waals surface area contributed by atoms with Gasteiger partial charge >= 0.3 is 6.18 Å². The van der Waals surface area contributed by atoms with Gasteiger partial charge < -0.3 is 10.2 Å². The second-order valence-corrected chi connectivity index (χ2v) is 6.73. The number of hydrogen-bond donors (Lipinski definition) is 1. The summed E-state index contributed by atoms with van der Waals surface area (Å²) < 4.78 is 39.5. The average Bonchev–Trinajstić information content (AvgIpc) is 2.85. The van der Waals surface area contributed by atoms with Gasteiger partial charge in [0.25, 0.3) is 0 Å². The minimum Gasteiger partial charge on any atom is -0.384 e. The molecule has 1 N–H and O–H groups in total. The van der Waals surface area contributed by atoms with Crippen molar-refractivity contribution in [1.82, 2.24) is 4.90 Å². The molecule has 6 heteroatoms. The van der Waals surface area contributed by atoms with Crippen LogP contribution in [0.2, 0.25) is 0 Å². The van der Waals surface area contributed by atoms with Crippen LogP contribution in [0.3, 0.4) is 0 Å². The van der Waals surface area contributed by atoms with Crippen molar-refractivity contribution in [2.45, 2.75) is 32.5 Å². The van der Waals surface area contributed by atoms with Crippen LogP contribution in [0.25, 0.3) is 0 Å². The number of anilines is 1. The first-order valence-electron chi connectivity index (χ1n) is 7.12. The predicted molar refractivity (Wildman–Crippen MR) is 82.4 cm³/mol. The van der Waals surface area contributed by atoms with Crippen molar-refractivity contribution in [3.8, 4) is 0 Å². The Morgan fingerprint density at radius 2 is 2.10 bits per heavy atom. The fourth-order valence-electron chi connectivity index (χ4n) is 2.66. The fraction of sp³-hybridized carbons (Fsp3) is 0.600. The highest BCUT2D eigenvalue weighted by atomic mass is 79.9. The van der Waals surface area contributed by atoms with Crippen molar-refractivity contribution in [1.29, 1.82) is 0 Å². The molecule has 1 aliphatic heterocycles. The Hall–Kier alpha value is -0.750. The molecule has 118 valence electrons. The summed E-state index contributed by atoms with van der Waals surface area (Å²) in [4.78, 5) is 2.36. The molecule has 0 aromatic heterocycles. The first-order chi connectivity index (χ1) is 9.77. The topological polar surface area (TPSA) is 15.3 Å². The number of likely N-dealkylation sites (tertiary alicyclic amines) is 1. The van der Waals surface area contributed by atoms with Gasteiger partial charge in [-0.2, -0.15) is 13.2 Å². The van der Waals surface area contributed by atoms with Crippen LogP contribution in [-0.2, 0) is 6.18 Å². The van der Waals surface area contributed by atoms with E-state index in [4.69, 9.17) is 0 Å². The smallest absolute Gasteiger partial charge is 0.384 e. The quantitative estimate of drug-likeness (QED) is 0.838. The van der Waals surface area contributed by atoms with Gasteiger partial charge in [0, 0.05) is 29.3 Å². The normalized spacial score (nSPS) is 20.2. The van der Waals surface area contributed by atoms with Gasteiger partial charge in [0.1, 0.15) is 0 Å². The summed E-state index contributed by atoms with van der Waals surface area (Å²) in [6, 6.07) is 4.74. The summed E-state index contributed by atoms with van der Waals surface area (Å²) in [5.41, 5.74) is -0.454. The van der Waals surface area contributed by atoms with Crippen LogP contribution < -0.4 is 5.32 Å². The van der Waals surface area contributed by atoms with E-state index in [0.717, 1.165) is 25.6 Å². The number of rotatable bonds is 4. The van der Waals surface area contributed by atoms with Gasteiger partial charge in [0.05, 0.1) is 5.56 Å². The first kappa shape index (κ1) is 16.6. The van der Waals surface area contributed by atoms with E-state index in [1.54, 1.807) is 6.07 Å². The molecule has 0 bridgehead atoms. The third-order valence-electron chi connectivity index (χ3n) is 3.92. The summed E-state index contributed by atoms with van der Waals surface area (Å²) >= 11 is 3.10. The minimum absolute atomic E-state index is 0.161. The lowest BCUT2D eigenvalue weighted by Crippen LogP contribution is -2.29. The van der Waals surface area contributed by atoms with Crippen molar-refractivity contribution in [2.24, 2.45) is 5.92 Å². The van der Waals surface area contributed by atoms with Gasteiger partial charge in [-0.05, 0) is 50.9 Å². The Morgan fingerprint density at radius 1 is 1.38 bits per heavy atom. The number of hydrogen-bond acceptors (Lipinski definition) is 2. The van der Waals surface area contributed by atoms with E-state index in [1.807, 2.05) is 0 Å². The lowest BCUT2D eigenvalue weighted by Gasteiger charge is -2.21. The van der Waals surface area contributed by atoms with Crippen LogP contribution in [-0.4, -0.2) is 30.6 Å². The van der Waals surface area contributed by atoms with Gasteiger partial charge in [0.15, 0.2) is 0 Å². The molecule has 2 rings (SSSR count). The highest BCUT2D eigenvalue weighted by Crippen LogP contribution is 2.36. The van der Waals surface area contributed by atoms with E-state index in [2.05, 4.69) is 40.0 Å². The minimum atomic E-state index is -4.34. The Balaban J connectivity index is 2.01. The number of nitrogens with one attached hydrogen (secondary N) is 1. The summed E-state index contributed by atoms with van der Waals surface area (Å²) in [7, 11) is 0. The molecule has 2 nitrogen and oxygen atoms in total. The molecule has 0 saturated carbocycles. The van der Waals surface area contributed by atoms with E-state index >= 15 is 0 Å². The standard InChI is InChI=1S/C15H20BrF3N2/c1-10(2)21-6-5-11(9-21)8-20-14-4-3-12(16)7-13(14)15(17,18)19/h3-4,7,10-11,20H,5-6,8-9H2,1-2H3. The fourth-order valence-corrected chi connectivity index (χ4v) is 3.02. The van der Waals surface area contributed by atoms with Gasteiger partial charge in [-0.1, -0.05) is 15.9 Å². The number of halogens is 4. The van der Waals surface area contributed by atoms with Gasteiger partial charge in [-0.15, -0.1) is 0 Å². The number of nitrogens with zero attached hydrogens (tertiary/aromatic N) is 1. The molecule has 0 spiro atoms. The van der Waals surface area contributed by atoms with Crippen LogP contribution in [0.5, 0.6) is 0 Å². The lowest BCUT2D eigenvalue weighted by molar-refractivity contribution is -0.137. The second-order valence-electron chi connectivity index (χ2n) is 5.81. The van der Waals surface area contributed by atoms with Crippen molar-refractivity contribution >= 4 is 21.6 Å². The monoisotopic (exact) mass is 364 g/mol. The van der Waals surface area contributed by atoms with Crippen LogP contribution >= 0.6 is 15.9 Å². The van der Waals surface area contributed by atoms with E-state index in [9.17, 15) is 13.2 Å². The highest BCUT2D eigenvalue weighted by molar-refractivity contribution is 9.10. The molecule has 1 unspecified atom stereocenters. The Bertz CT molecular complexity index is 488. The van der Waals surface area contributed by atoms with Crippen molar-refractivity contribution < 1.29 is 13.2 Å². The average molecular weight is 365 g/mol. The second kappa shape index (κ2) is 6.57. The Morgan fingerprint density at radius 3 is 2.67 bits per heavy atom. The molecular weight excluding hydrogens is 345 g/mol. The van der Waals surface area contributed by atoms with Crippen molar-refractivity contribution in [3.63, 3.8) is 0 Å². The van der Waals surface area contributed by atoms with Crippen LogP contribution in [0.1, 0.15) is 25.8 Å². The zero-order chi connectivity index (χ0) is 15.6. The van der Waals surface area contributed by atoms with Gasteiger partial charge in [0.2, 0.25) is 0 Å². The Labute approximate surface area is 131 Å². The summed E-state index contributed by atoms with van der Waals surface area (Å²) in [5, 5.41) is 2.98. The molecule has 1 aromatic rings. The first-order valence-corrected chi connectivity index (χ1v) is 7.91. The molecule has 0 amide bonds. The van der Waals surface area contributed by atoms with Crippen LogP contribution in [0.4, 0.5) is 18.9 Å². The number of alkyl halides is 3. The molecule has 1 atom stereocenters. The molecule has 1 heterocycles. The SMILES string of the molecule is CC(C)N1CCC(CNc2ccc(Br)cc2C(F)(F)F)C1. The highest BCUT2D eigenvalue weighted by Gasteiger charge is 2.34. The van der Waals surface area contributed by atoms with E-state index in [-0.39, 0.29) is 5.69 Å². The molecule has 1 aliphatic rings. The third-order valence-corrected chi connectivity index (χ3v) is 4.41. The lowest BCUT2D eigenvalue weighted by atomic mass is 10.1. The zero-order valence-corrected chi connectivity index (χ0v) is 13.8. The predicted octanol–water partition coefficient (Wildman–Crippen LogP) is 4.61. The van der Waals surface area contributed by atoms with E-state index in [1.165, 1.54) is 6.07 Å². The maximum absolute atomic E-state index is 13.0. The molecule has 1 fully saturated rings. The van der Waals surface area contributed by atoms with E-state index in [0.29, 0.717) is 23.0 Å². The van der Waals surface area contributed by atoms with Crippen LogP contribution in [0, 0.1) is 5.92 Å². The molecule has 1 saturated heterocycles. The maximum Gasteiger partial charge on any atom is 0.418 e. The van der Waals surface area contributed by atoms with Crippen molar-refractivity contribution in [3.05, 3.63) is 28.2 Å².